The Labute approximate surface area is 114 Å². The van der Waals surface area contributed by atoms with E-state index in [0.29, 0.717) is 11.3 Å². The van der Waals surface area contributed by atoms with E-state index < -0.39 is 22.9 Å². The van der Waals surface area contributed by atoms with Crippen LogP contribution < -0.4 is 0 Å². The Hall–Kier alpha value is -1.60. The minimum atomic E-state index is -1.04. The van der Waals surface area contributed by atoms with E-state index in [0.717, 1.165) is 0 Å². The van der Waals surface area contributed by atoms with E-state index in [2.05, 4.69) is 4.74 Å². The molecule has 0 saturated heterocycles. The molecule has 0 aliphatic heterocycles. The SMILES string of the molecule is COC(=O)C(CSC)C(O)c1ccc([N+](=O)[O-])cc1. The van der Waals surface area contributed by atoms with Crippen molar-refractivity contribution in [3.8, 4) is 0 Å². The fourth-order valence-electron chi connectivity index (χ4n) is 1.64. The molecule has 1 aromatic rings. The third-order valence-electron chi connectivity index (χ3n) is 2.68. The number of carbonyl (C=O) groups excluding carboxylic acids is 1. The van der Waals surface area contributed by atoms with Crippen LogP contribution in [0.5, 0.6) is 0 Å². The number of hydrogen-bond donors (Lipinski definition) is 1. The number of nitro benzene ring substituents is 1. The minimum absolute atomic E-state index is 0.0598. The van der Waals surface area contributed by atoms with Crippen LogP contribution in [0.2, 0.25) is 0 Å². The summed E-state index contributed by atoms with van der Waals surface area (Å²) in [7, 11) is 1.26. The number of thioether (sulfide) groups is 1. The number of ether oxygens (including phenoxy) is 1. The maximum Gasteiger partial charge on any atom is 0.312 e. The van der Waals surface area contributed by atoms with Crippen LogP contribution >= 0.6 is 11.8 Å². The molecule has 2 atom stereocenters. The molecule has 0 aliphatic carbocycles. The lowest BCUT2D eigenvalue weighted by Crippen LogP contribution is -2.25. The van der Waals surface area contributed by atoms with Crippen molar-refractivity contribution in [2.24, 2.45) is 5.92 Å². The summed E-state index contributed by atoms with van der Waals surface area (Å²) < 4.78 is 4.65. The van der Waals surface area contributed by atoms with Gasteiger partial charge in [-0.1, -0.05) is 0 Å². The molecule has 1 aromatic carbocycles. The summed E-state index contributed by atoms with van der Waals surface area (Å²) in [6.07, 6.45) is 0.777. The van der Waals surface area contributed by atoms with Crippen LogP contribution in [-0.4, -0.2) is 35.1 Å². The largest absolute Gasteiger partial charge is 0.469 e. The second kappa shape index (κ2) is 7.10. The number of nitro groups is 1. The number of hydrogen-bond acceptors (Lipinski definition) is 6. The predicted molar refractivity (Wildman–Crippen MR) is 71.9 cm³/mol. The smallest absolute Gasteiger partial charge is 0.312 e. The number of nitrogens with zero attached hydrogens (tertiary/aromatic N) is 1. The molecule has 0 fully saturated rings. The standard InChI is InChI=1S/C12H15NO5S/c1-18-12(15)10(7-19-2)11(14)8-3-5-9(6-4-8)13(16)17/h3-6,10-11,14H,7H2,1-2H3. The van der Waals surface area contributed by atoms with Crippen LogP contribution in [0, 0.1) is 16.0 Å². The number of methoxy groups -OCH3 is 1. The zero-order valence-corrected chi connectivity index (χ0v) is 11.4. The summed E-state index contributed by atoms with van der Waals surface area (Å²) in [6.45, 7) is 0. The average Bonchev–Trinajstić information content (AvgIpc) is 2.43. The Balaban J connectivity index is 2.92. The van der Waals surface area contributed by atoms with Gasteiger partial charge < -0.3 is 9.84 Å². The molecule has 6 nitrogen and oxygen atoms in total. The Morgan fingerprint density at radius 3 is 2.47 bits per heavy atom. The van der Waals surface area contributed by atoms with Crippen LogP contribution in [0.15, 0.2) is 24.3 Å². The quantitative estimate of drug-likeness (QED) is 0.487. The van der Waals surface area contributed by atoms with Crippen molar-refractivity contribution in [1.29, 1.82) is 0 Å². The van der Waals surface area contributed by atoms with Crippen molar-refractivity contribution in [3.63, 3.8) is 0 Å². The van der Waals surface area contributed by atoms with E-state index in [9.17, 15) is 20.0 Å². The van der Waals surface area contributed by atoms with Gasteiger partial charge in [0.25, 0.3) is 5.69 Å². The monoisotopic (exact) mass is 285 g/mol. The van der Waals surface area contributed by atoms with Crippen LogP contribution in [0.25, 0.3) is 0 Å². The highest BCUT2D eigenvalue weighted by atomic mass is 32.2. The van der Waals surface area contributed by atoms with Crippen molar-refractivity contribution in [3.05, 3.63) is 39.9 Å². The third kappa shape index (κ3) is 3.93. The maximum absolute atomic E-state index is 11.6. The van der Waals surface area contributed by atoms with Gasteiger partial charge in [0, 0.05) is 17.9 Å². The maximum atomic E-state index is 11.6. The number of carbonyl (C=O) groups is 1. The Morgan fingerprint density at radius 1 is 1.47 bits per heavy atom. The van der Waals surface area contributed by atoms with Gasteiger partial charge in [-0.25, -0.2) is 0 Å². The second-order valence-electron chi connectivity index (χ2n) is 3.88. The Kier molecular flexibility index (Phi) is 5.78. The van der Waals surface area contributed by atoms with Gasteiger partial charge >= 0.3 is 5.97 Å². The van der Waals surface area contributed by atoms with Crippen LogP contribution in [-0.2, 0) is 9.53 Å². The third-order valence-corrected chi connectivity index (χ3v) is 3.37. The van der Waals surface area contributed by atoms with Gasteiger partial charge in [-0.3, -0.25) is 14.9 Å². The Bertz CT molecular complexity index is 448. The van der Waals surface area contributed by atoms with Crippen molar-refractivity contribution in [2.45, 2.75) is 6.10 Å². The first kappa shape index (κ1) is 15.5. The van der Waals surface area contributed by atoms with Crippen molar-refractivity contribution in [1.82, 2.24) is 0 Å². The first-order chi connectivity index (χ1) is 9.01. The van der Waals surface area contributed by atoms with E-state index in [1.54, 1.807) is 0 Å². The summed E-state index contributed by atoms with van der Waals surface area (Å²) in [5.41, 5.74) is 0.394. The zero-order chi connectivity index (χ0) is 14.4. The molecule has 0 aliphatic rings. The van der Waals surface area contributed by atoms with Gasteiger partial charge in [0.15, 0.2) is 0 Å². The number of esters is 1. The molecule has 7 heteroatoms. The van der Waals surface area contributed by atoms with E-state index in [-0.39, 0.29) is 5.69 Å². The molecule has 104 valence electrons. The normalized spacial score (nSPS) is 13.6. The molecule has 0 radical (unpaired) electrons. The summed E-state index contributed by atoms with van der Waals surface area (Å²) in [6, 6.07) is 5.48. The summed E-state index contributed by atoms with van der Waals surface area (Å²) >= 11 is 1.42. The van der Waals surface area contributed by atoms with E-state index in [1.165, 1.54) is 43.1 Å². The molecule has 0 spiro atoms. The highest BCUT2D eigenvalue weighted by Crippen LogP contribution is 2.27. The molecule has 0 saturated carbocycles. The zero-order valence-electron chi connectivity index (χ0n) is 10.6. The van der Waals surface area contributed by atoms with E-state index in [4.69, 9.17) is 0 Å². The van der Waals surface area contributed by atoms with Gasteiger partial charge in [-0.05, 0) is 24.0 Å². The fraction of sp³-hybridized carbons (Fsp3) is 0.417. The number of benzene rings is 1. The van der Waals surface area contributed by atoms with E-state index in [1.807, 2.05) is 6.26 Å². The molecule has 19 heavy (non-hydrogen) atoms. The molecule has 1 N–H and O–H groups in total. The lowest BCUT2D eigenvalue weighted by molar-refractivity contribution is -0.384. The molecule has 0 heterocycles. The summed E-state index contributed by atoms with van der Waals surface area (Å²) in [4.78, 5) is 21.6. The molecular formula is C12H15NO5S. The van der Waals surface area contributed by atoms with Crippen molar-refractivity contribution >= 4 is 23.4 Å². The predicted octanol–water partition coefficient (Wildman–Crippen LogP) is 1.78. The molecule has 2 unspecified atom stereocenters. The van der Waals surface area contributed by atoms with Gasteiger partial charge in [0.05, 0.1) is 24.1 Å². The molecule has 0 aromatic heterocycles. The number of non-ortho nitro benzene ring substituents is 1. The highest BCUT2D eigenvalue weighted by Gasteiger charge is 2.28. The topological polar surface area (TPSA) is 89.7 Å². The number of aliphatic hydroxyl groups is 1. The van der Waals surface area contributed by atoms with Gasteiger partial charge in [0.1, 0.15) is 0 Å². The lowest BCUT2D eigenvalue weighted by atomic mass is 9.97. The lowest BCUT2D eigenvalue weighted by Gasteiger charge is -2.20. The fourth-order valence-corrected chi connectivity index (χ4v) is 2.32. The second-order valence-corrected chi connectivity index (χ2v) is 4.79. The summed E-state index contributed by atoms with van der Waals surface area (Å²) in [5.74, 6) is -0.785. The minimum Gasteiger partial charge on any atom is -0.469 e. The highest BCUT2D eigenvalue weighted by molar-refractivity contribution is 7.98. The molecular weight excluding hydrogens is 270 g/mol. The molecule has 0 bridgehead atoms. The van der Waals surface area contributed by atoms with Gasteiger partial charge in [0.2, 0.25) is 0 Å². The van der Waals surface area contributed by atoms with Crippen LogP contribution in [0.4, 0.5) is 5.69 Å². The Morgan fingerprint density at radius 2 is 2.05 bits per heavy atom. The summed E-state index contributed by atoms with van der Waals surface area (Å²) in [5, 5.41) is 20.7. The van der Waals surface area contributed by atoms with E-state index >= 15 is 0 Å². The molecule has 0 amide bonds. The van der Waals surface area contributed by atoms with Crippen molar-refractivity contribution in [2.75, 3.05) is 19.1 Å². The van der Waals surface area contributed by atoms with Crippen molar-refractivity contribution < 1.29 is 19.6 Å². The molecule has 1 rings (SSSR count). The average molecular weight is 285 g/mol. The van der Waals surface area contributed by atoms with Crippen LogP contribution in [0.1, 0.15) is 11.7 Å². The van der Waals surface area contributed by atoms with Crippen LogP contribution in [0.3, 0.4) is 0 Å². The van der Waals surface area contributed by atoms with Gasteiger partial charge in [-0.15, -0.1) is 0 Å². The number of rotatable bonds is 6. The number of aliphatic hydroxyl groups excluding tert-OH is 1. The first-order valence-electron chi connectivity index (χ1n) is 5.50. The van der Waals surface area contributed by atoms with Gasteiger partial charge in [-0.2, -0.15) is 11.8 Å². The first-order valence-corrected chi connectivity index (χ1v) is 6.89.